The lowest BCUT2D eigenvalue weighted by Crippen LogP contribution is -2.25. The first kappa shape index (κ1) is 13.5. The van der Waals surface area contributed by atoms with Crippen LogP contribution in [0.1, 0.15) is 12.5 Å². The molecule has 19 heavy (non-hydrogen) atoms. The largest absolute Gasteiger partial charge is 0.326 e. The number of amides is 1. The highest BCUT2D eigenvalue weighted by Gasteiger charge is 2.15. The second-order valence-electron chi connectivity index (χ2n) is 4.47. The Balaban J connectivity index is 2.02. The average Bonchev–Trinajstić information content (AvgIpc) is 2.86. The van der Waals surface area contributed by atoms with Gasteiger partial charge in [0.15, 0.2) is 0 Å². The first-order chi connectivity index (χ1) is 9.06. The maximum atomic E-state index is 12.1. The number of hydrogen-bond acceptors (Lipinski definition) is 3. The van der Waals surface area contributed by atoms with Crippen LogP contribution in [0.5, 0.6) is 0 Å². The van der Waals surface area contributed by atoms with Crippen LogP contribution < -0.4 is 5.32 Å². The summed E-state index contributed by atoms with van der Waals surface area (Å²) in [5.74, 6) is -0.277. The number of rotatable bonds is 4. The molecule has 1 aromatic carbocycles. The fourth-order valence-corrected chi connectivity index (χ4v) is 1.85. The summed E-state index contributed by atoms with van der Waals surface area (Å²) in [5.41, 5.74) is 1.72. The summed E-state index contributed by atoms with van der Waals surface area (Å²) in [6.07, 6.45) is 3.04. The van der Waals surface area contributed by atoms with Crippen LogP contribution in [0.15, 0.2) is 30.9 Å². The predicted molar refractivity (Wildman–Crippen MR) is 74.0 cm³/mol. The van der Waals surface area contributed by atoms with Gasteiger partial charge in [0.1, 0.15) is 12.7 Å². The number of nitrogens with zero attached hydrogens (tertiary/aromatic N) is 3. The van der Waals surface area contributed by atoms with E-state index < -0.39 is 0 Å². The quantitative estimate of drug-likeness (QED) is 0.935. The van der Waals surface area contributed by atoms with Gasteiger partial charge in [-0.1, -0.05) is 24.6 Å². The summed E-state index contributed by atoms with van der Waals surface area (Å²) in [6, 6.07) is 5.42. The Kier molecular flexibility index (Phi) is 4.16. The van der Waals surface area contributed by atoms with Crippen molar-refractivity contribution in [3.8, 4) is 0 Å². The van der Waals surface area contributed by atoms with Gasteiger partial charge in [0.25, 0.3) is 0 Å². The van der Waals surface area contributed by atoms with Gasteiger partial charge in [-0.15, -0.1) is 0 Å². The Bertz CT molecular complexity index is 568. The second kappa shape index (κ2) is 5.84. The summed E-state index contributed by atoms with van der Waals surface area (Å²) in [5, 5.41) is 7.46. The van der Waals surface area contributed by atoms with Crippen LogP contribution in [-0.4, -0.2) is 20.7 Å². The number of carbonyl (C=O) groups is 1. The van der Waals surface area contributed by atoms with Crippen LogP contribution >= 0.6 is 11.6 Å². The van der Waals surface area contributed by atoms with Gasteiger partial charge in [-0.2, -0.15) is 5.10 Å². The molecule has 2 rings (SSSR count). The summed E-state index contributed by atoms with van der Waals surface area (Å²) in [7, 11) is 0. The monoisotopic (exact) mass is 278 g/mol. The molecule has 0 radical (unpaired) electrons. The van der Waals surface area contributed by atoms with Crippen molar-refractivity contribution in [2.75, 3.05) is 5.32 Å². The van der Waals surface area contributed by atoms with Gasteiger partial charge in [-0.05, 0) is 24.6 Å². The number of hydrogen-bond donors (Lipinski definition) is 1. The van der Waals surface area contributed by atoms with Crippen LogP contribution in [0.3, 0.4) is 0 Å². The van der Waals surface area contributed by atoms with Crippen LogP contribution in [-0.2, 0) is 11.3 Å². The molecular formula is C13H15ClN4O. The number of aromatic nitrogens is 3. The van der Waals surface area contributed by atoms with Gasteiger partial charge in [-0.3, -0.25) is 9.48 Å². The Morgan fingerprint density at radius 1 is 1.53 bits per heavy atom. The minimum Gasteiger partial charge on any atom is -0.326 e. The van der Waals surface area contributed by atoms with Gasteiger partial charge in [0, 0.05) is 10.7 Å². The van der Waals surface area contributed by atoms with E-state index in [1.54, 1.807) is 23.1 Å². The zero-order valence-corrected chi connectivity index (χ0v) is 11.6. The van der Waals surface area contributed by atoms with E-state index in [9.17, 15) is 4.79 Å². The maximum absolute atomic E-state index is 12.1. The van der Waals surface area contributed by atoms with E-state index in [-0.39, 0.29) is 11.8 Å². The van der Waals surface area contributed by atoms with Crippen molar-refractivity contribution in [2.45, 2.75) is 20.4 Å². The molecular weight excluding hydrogens is 264 g/mol. The van der Waals surface area contributed by atoms with E-state index in [2.05, 4.69) is 15.4 Å². The highest BCUT2D eigenvalue weighted by molar-refractivity contribution is 6.31. The molecule has 1 aromatic heterocycles. The fourth-order valence-electron chi connectivity index (χ4n) is 1.68. The van der Waals surface area contributed by atoms with Crippen molar-refractivity contribution in [3.05, 3.63) is 41.4 Å². The van der Waals surface area contributed by atoms with E-state index in [1.807, 2.05) is 19.9 Å². The van der Waals surface area contributed by atoms with Crippen molar-refractivity contribution in [1.29, 1.82) is 0 Å². The van der Waals surface area contributed by atoms with Gasteiger partial charge >= 0.3 is 0 Å². The molecule has 0 fully saturated rings. The molecule has 0 aliphatic heterocycles. The number of benzene rings is 1. The molecule has 2 aromatic rings. The summed E-state index contributed by atoms with van der Waals surface area (Å²) < 4.78 is 1.63. The maximum Gasteiger partial charge on any atom is 0.229 e. The highest BCUT2D eigenvalue weighted by atomic mass is 35.5. The molecule has 100 valence electrons. The number of carbonyl (C=O) groups excluding carboxylic acids is 1. The molecule has 0 saturated carbocycles. The molecule has 1 heterocycles. The van der Waals surface area contributed by atoms with Crippen molar-refractivity contribution in [3.63, 3.8) is 0 Å². The normalized spacial score (nSPS) is 12.2. The second-order valence-corrected chi connectivity index (χ2v) is 4.90. The standard InChI is InChI=1S/C13H15ClN4O/c1-9-3-4-11(14)5-12(9)17-13(19)10(2)6-18-8-15-7-16-18/h3-5,7-8,10H,6H2,1-2H3,(H,17,19)/t10-/m0/s1. The van der Waals surface area contributed by atoms with E-state index in [1.165, 1.54) is 6.33 Å². The molecule has 0 bridgehead atoms. The molecule has 0 aliphatic rings. The number of anilines is 1. The summed E-state index contributed by atoms with van der Waals surface area (Å²) in [4.78, 5) is 15.9. The van der Waals surface area contributed by atoms with Gasteiger partial charge in [0.05, 0.1) is 12.5 Å². The summed E-state index contributed by atoms with van der Waals surface area (Å²) in [6.45, 7) is 4.26. The zero-order chi connectivity index (χ0) is 13.8. The minimum absolute atomic E-state index is 0.0686. The fraction of sp³-hybridized carbons (Fsp3) is 0.308. The average molecular weight is 279 g/mol. The molecule has 5 nitrogen and oxygen atoms in total. The number of nitrogens with one attached hydrogen (secondary N) is 1. The smallest absolute Gasteiger partial charge is 0.229 e. The first-order valence-corrected chi connectivity index (χ1v) is 6.33. The van der Waals surface area contributed by atoms with E-state index >= 15 is 0 Å². The summed E-state index contributed by atoms with van der Waals surface area (Å²) >= 11 is 5.92. The Hall–Kier alpha value is -1.88. The molecule has 0 aliphatic carbocycles. The number of halogens is 1. The molecule has 0 unspecified atom stereocenters. The van der Waals surface area contributed by atoms with Gasteiger partial charge in [-0.25, -0.2) is 4.98 Å². The Morgan fingerprint density at radius 3 is 3.00 bits per heavy atom. The Morgan fingerprint density at radius 2 is 2.32 bits per heavy atom. The third-order valence-electron chi connectivity index (χ3n) is 2.83. The van der Waals surface area contributed by atoms with Crippen LogP contribution in [0.25, 0.3) is 0 Å². The van der Waals surface area contributed by atoms with Crippen LogP contribution in [0.4, 0.5) is 5.69 Å². The molecule has 0 spiro atoms. The molecule has 1 amide bonds. The SMILES string of the molecule is Cc1ccc(Cl)cc1NC(=O)[C@@H](C)Cn1cncn1. The predicted octanol–water partition coefficient (Wildman–Crippen LogP) is 2.51. The highest BCUT2D eigenvalue weighted by Crippen LogP contribution is 2.20. The van der Waals surface area contributed by atoms with Crippen molar-refractivity contribution < 1.29 is 4.79 Å². The molecule has 1 atom stereocenters. The third-order valence-corrected chi connectivity index (χ3v) is 3.07. The van der Waals surface area contributed by atoms with Crippen molar-refractivity contribution >= 4 is 23.2 Å². The molecule has 6 heteroatoms. The van der Waals surface area contributed by atoms with Crippen LogP contribution in [0, 0.1) is 12.8 Å². The van der Waals surface area contributed by atoms with Crippen molar-refractivity contribution in [2.24, 2.45) is 5.92 Å². The zero-order valence-electron chi connectivity index (χ0n) is 10.8. The molecule has 1 N–H and O–H groups in total. The van der Waals surface area contributed by atoms with Gasteiger partial charge < -0.3 is 5.32 Å². The number of aryl methyl sites for hydroxylation is 1. The van der Waals surface area contributed by atoms with E-state index in [4.69, 9.17) is 11.6 Å². The lowest BCUT2D eigenvalue weighted by Gasteiger charge is -2.13. The van der Waals surface area contributed by atoms with E-state index in [0.29, 0.717) is 11.6 Å². The topological polar surface area (TPSA) is 59.8 Å². The first-order valence-electron chi connectivity index (χ1n) is 5.95. The van der Waals surface area contributed by atoms with Gasteiger partial charge in [0.2, 0.25) is 5.91 Å². The minimum atomic E-state index is -0.208. The lowest BCUT2D eigenvalue weighted by atomic mass is 10.1. The van der Waals surface area contributed by atoms with E-state index in [0.717, 1.165) is 11.3 Å². The Labute approximate surface area is 116 Å². The van der Waals surface area contributed by atoms with Crippen LogP contribution in [0.2, 0.25) is 5.02 Å². The third kappa shape index (κ3) is 3.54. The lowest BCUT2D eigenvalue weighted by molar-refractivity contribution is -0.119. The van der Waals surface area contributed by atoms with Crippen molar-refractivity contribution in [1.82, 2.24) is 14.8 Å². The molecule has 0 saturated heterocycles.